The number of hydrogen-bond acceptors (Lipinski definition) is 5. The Bertz CT molecular complexity index is 339. The minimum absolute atomic E-state index is 0.0759. The van der Waals surface area contributed by atoms with Crippen LogP contribution in [0.2, 0.25) is 0 Å². The second kappa shape index (κ2) is 15.7. The highest BCUT2D eigenvalue weighted by Crippen LogP contribution is 2.31. The van der Waals surface area contributed by atoms with E-state index in [1.165, 1.54) is 25.7 Å². The Morgan fingerprint density at radius 2 is 1.26 bits per heavy atom. The second-order valence-electron chi connectivity index (χ2n) is 7.75. The Morgan fingerprint density at radius 3 is 1.85 bits per heavy atom. The molecule has 1 aliphatic rings. The fourth-order valence-corrected chi connectivity index (χ4v) is 3.46. The molecule has 5 unspecified atom stereocenters. The quantitative estimate of drug-likeness (QED) is 0.389. The molecule has 27 heavy (non-hydrogen) atoms. The third-order valence-corrected chi connectivity index (χ3v) is 5.27. The first kappa shape index (κ1) is 24.8. The van der Waals surface area contributed by atoms with Crippen molar-refractivity contribution in [3.63, 3.8) is 0 Å². The number of aliphatic hydroxyl groups excluding tert-OH is 1. The molecule has 1 N–H and O–H groups in total. The molecule has 162 valence electrons. The maximum Gasteiger partial charge on any atom is 0.163 e. The first-order valence-electron chi connectivity index (χ1n) is 11.3. The lowest BCUT2D eigenvalue weighted by atomic mass is 9.92. The number of unbranched alkanes of at least 4 members (excludes halogenated alkanes) is 6. The minimum Gasteiger partial charge on any atom is -0.394 e. The number of aliphatic hydroxyl groups is 1. The third kappa shape index (κ3) is 9.23. The Labute approximate surface area is 167 Å². The SMILES string of the molecule is CCCCCCCOC1OC(CO)C(OCCCC)C(OCCCC)C1C. The summed E-state index contributed by atoms with van der Waals surface area (Å²) in [7, 11) is 0. The fourth-order valence-electron chi connectivity index (χ4n) is 3.46. The van der Waals surface area contributed by atoms with Crippen molar-refractivity contribution in [2.24, 2.45) is 5.92 Å². The van der Waals surface area contributed by atoms with Crippen molar-refractivity contribution in [1.29, 1.82) is 0 Å². The average molecular weight is 389 g/mol. The van der Waals surface area contributed by atoms with Crippen LogP contribution in [0.3, 0.4) is 0 Å². The number of hydrogen-bond donors (Lipinski definition) is 1. The summed E-state index contributed by atoms with van der Waals surface area (Å²) >= 11 is 0. The van der Waals surface area contributed by atoms with Gasteiger partial charge in [0.15, 0.2) is 6.29 Å². The van der Waals surface area contributed by atoms with E-state index in [0.29, 0.717) is 19.8 Å². The predicted octanol–water partition coefficient (Wildman–Crippen LogP) is 4.70. The van der Waals surface area contributed by atoms with Gasteiger partial charge in [-0.25, -0.2) is 0 Å². The van der Waals surface area contributed by atoms with Gasteiger partial charge in [-0.05, 0) is 19.3 Å². The van der Waals surface area contributed by atoms with E-state index < -0.39 is 6.10 Å². The molecule has 0 aromatic rings. The predicted molar refractivity (Wildman–Crippen MR) is 109 cm³/mol. The molecule has 0 radical (unpaired) electrons. The molecule has 0 amide bonds. The molecule has 5 atom stereocenters. The molecule has 0 aromatic heterocycles. The summed E-state index contributed by atoms with van der Waals surface area (Å²) < 4.78 is 24.4. The van der Waals surface area contributed by atoms with Crippen LogP contribution in [0.15, 0.2) is 0 Å². The van der Waals surface area contributed by atoms with Gasteiger partial charge >= 0.3 is 0 Å². The standard InChI is InChI=1S/C22H44O5/c1-5-8-11-12-13-16-26-22-18(4)20(24-14-9-6-2)21(19(17-23)27-22)25-15-10-7-3/h18-23H,5-17H2,1-4H3. The summed E-state index contributed by atoms with van der Waals surface area (Å²) in [6, 6.07) is 0. The summed E-state index contributed by atoms with van der Waals surface area (Å²) in [5.41, 5.74) is 0. The minimum atomic E-state index is -0.394. The first-order chi connectivity index (χ1) is 13.2. The molecular formula is C22H44O5. The highest BCUT2D eigenvalue weighted by atomic mass is 16.7. The van der Waals surface area contributed by atoms with Gasteiger partial charge in [0.1, 0.15) is 12.2 Å². The zero-order valence-electron chi connectivity index (χ0n) is 18.2. The van der Waals surface area contributed by atoms with Gasteiger partial charge in [0.25, 0.3) is 0 Å². The van der Waals surface area contributed by atoms with Crippen LogP contribution in [-0.2, 0) is 18.9 Å². The molecule has 1 fully saturated rings. The lowest BCUT2D eigenvalue weighted by Gasteiger charge is -2.44. The fraction of sp³-hybridized carbons (Fsp3) is 1.00. The topological polar surface area (TPSA) is 57.2 Å². The van der Waals surface area contributed by atoms with Gasteiger partial charge in [-0.15, -0.1) is 0 Å². The monoisotopic (exact) mass is 388 g/mol. The van der Waals surface area contributed by atoms with E-state index in [4.69, 9.17) is 18.9 Å². The van der Waals surface area contributed by atoms with Gasteiger partial charge in [0, 0.05) is 25.7 Å². The van der Waals surface area contributed by atoms with E-state index in [-0.39, 0.29) is 31.0 Å². The van der Waals surface area contributed by atoms with Crippen molar-refractivity contribution in [2.45, 2.75) is 110 Å². The first-order valence-corrected chi connectivity index (χ1v) is 11.3. The van der Waals surface area contributed by atoms with Crippen LogP contribution >= 0.6 is 0 Å². The molecule has 0 saturated carbocycles. The average Bonchev–Trinajstić information content (AvgIpc) is 2.68. The van der Waals surface area contributed by atoms with E-state index in [2.05, 4.69) is 27.7 Å². The van der Waals surface area contributed by atoms with Crippen LogP contribution in [0.4, 0.5) is 0 Å². The van der Waals surface area contributed by atoms with Gasteiger partial charge in [-0.1, -0.05) is 66.2 Å². The molecule has 1 saturated heterocycles. The largest absolute Gasteiger partial charge is 0.394 e. The summed E-state index contributed by atoms with van der Waals surface area (Å²) in [4.78, 5) is 0. The van der Waals surface area contributed by atoms with E-state index in [9.17, 15) is 5.11 Å². The van der Waals surface area contributed by atoms with E-state index in [0.717, 1.165) is 32.1 Å². The molecule has 0 spiro atoms. The molecule has 0 bridgehead atoms. The zero-order valence-corrected chi connectivity index (χ0v) is 18.2. The smallest absolute Gasteiger partial charge is 0.163 e. The van der Waals surface area contributed by atoms with Crippen molar-refractivity contribution in [1.82, 2.24) is 0 Å². The molecule has 0 aromatic carbocycles. The van der Waals surface area contributed by atoms with Crippen molar-refractivity contribution in [3.8, 4) is 0 Å². The van der Waals surface area contributed by atoms with Crippen LogP contribution in [0.5, 0.6) is 0 Å². The Balaban J connectivity index is 2.61. The number of ether oxygens (including phenoxy) is 4. The summed E-state index contributed by atoms with van der Waals surface area (Å²) in [6.45, 7) is 10.6. The van der Waals surface area contributed by atoms with Gasteiger partial charge in [0.05, 0.1) is 12.7 Å². The summed E-state index contributed by atoms with van der Waals surface area (Å²) in [5.74, 6) is 0.0759. The second-order valence-corrected chi connectivity index (χ2v) is 7.75. The lowest BCUT2D eigenvalue weighted by molar-refractivity contribution is -0.297. The molecule has 5 heteroatoms. The summed E-state index contributed by atoms with van der Waals surface area (Å²) in [6.07, 6.45) is 9.16. The normalized spacial score (nSPS) is 28.6. The highest BCUT2D eigenvalue weighted by molar-refractivity contribution is 4.89. The van der Waals surface area contributed by atoms with Gasteiger partial charge in [-0.2, -0.15) is 0 Å². The molecule has 1 rings (SSSR count). The van der Waals surface area contributed by atoms with Crippen LogP contribution < -0.4 is 0 Å². The van der Waals surface area contributed by atoms with Crippen molar-refractivity contribution >= 4 is 0 Å². The van der Waals surface area contributed by atoms with E-state index in [1.54, 1.807) is 0 Å². The van der Waals surface area contributed by atoms with Crippen LogP contribution in [0, 0.1) is 5.92 Å². The number of rotatable bonds is 16. The summed E-state index contributed by atoms with van der Waals surface area (Å²) in [5, 5.41) is 9.86. The third-order valence-electron chi connectivity index (χ3n) is 5.27. The molecular weight excluding hydrogens is 344 g/mol. The molecule has 5 nitrogen and oxygen atoms in total. The zero-order chi connectivity index (χ0) is 19.9. The van der Waals surface area contributed by atoms with Gasteiger partial charge < -0.3 is 24.1 Å². The van der Waals surface area contributed by atoms with Crippen molar-refractivity contribution < 1.29 is 24.1 Å². The van der Waals surface area contributed by atoms with Crippen LogP contribution in [-0.4, -0.2) is 56.1 Å². The lowest BCUT2D eigenvalue weighted by Crippen LogP contribution is -2.57. The van der Waals surface area contributed by atoms with E-state index >= 15 is 0 Å². The van der Waals surface area contributed by atoms with Gasteiger partial charge in [-0.3, -0.25) is 0 Å². The maximum atomic E-state index is 9.86. The van der Waals surface area contributed by atoms with Crippen LogP contribution in [0.1, 0.15) is 85.5 Å². The van der Waals surface area contributed by atoms with Crippen molar-refractivity contribution in [3.05, 3.63) is 0 Å². The maximum absolute atomic E-state index is 9.86. The molecule has 0 aliphatic carbocycles. The van der Waals surface area contributed by atoms with Crippen molar-refractivity contribution in [2.75, 3.05) is 26.4 Å². The molecule has 1 heterocycles. The Hall–Kier alpha value is -0.200. The van der Waals surface area contributed by atoms with Crippen LogP contribution in [0.25, 0.3) is 0 Å². The Morgan fingerprint density at radius 1 is 0.704 bits per heavy atom. The Kier molecular flexibility index (Phi) is 14.4. The molecule has 1 aliphatic heterocycles. The van der Waals surface area contributed by atoms with E-state index in [1.807, 2.05) is 0 Å². The van der Waals surface area contributed by atoms with Gasteiger partial charge in [0.2, 0.25) is 0 Å². The highest BCUT2D eigenvalue weighted by Gasteiger charge is 2.45.